The fraction of sp³-hybridized carbons (Fsp3) is 0.526. The van der Waals surface area contributed by atoms with Gasteiger partial charge in [-0.2, -0.15) is 5.10 Å². The number of benzene rings is 1. The van der Waals surface area contributed by atoms with E-state index in [-0.39, 0.29) is 5.54 Å². The molecule has 1 aromatic heterocycles. The smallest absolute Gasteiger partial charge is 0.118 e. The van der Waals surface area contributed by atoms with Crippen LogP contribution in [-0.2, 0) is 31.3 Å². The molecule has 0 saturated carbocycles. The van der Waals surface area contributed by atoms with Crippen LogP contribution in [0.1, 0.15) is 43.3 Å². The summed E-state index contributed by atoms with van der Waals surface area (Å²) in [5.41, 5.74) is 5.45. The summed E-state index contributed by atoms with van der Waals surface area (Å²) in [6, 6.07) is 8.34. The summed E-state index contributed by atoms with van der Waals surface area (Å²) in [6.45, 7) is 8.69. The third kappa shape index (κ3) is 3.42. The number of rotatable bonds is 4. The molecule has 0 unspecified atom stereocenters. The number of hydrogen-bond donors (Lipinski definition) is 1. The maximum Gasteiger partial charge on any atom is 0.118 e. The Morgan fingerprint density at radius 1 is 1.17 bits per heavy atom. The SMILES string of the molecule is COc1ccc(CCc2nn(C(C)(C)C)c3c2CNCC3)cc1. The molecule has 2 heterocycles. The molecule has 124 valence electrons. The summed E-state index contributed by atoms with van der Waals surface area (Å²) in [7, 11) is 1.70. The number of methoxy groups -OCH3 is 1. The molecule has 0 radical (unpaired) electrons. The average molecular weight is 313 g/mol. The first-order chi connectivity index (χ1) is 11.0. The second-order valence-corrected chi connectivity index (χ2v) is 7.23. The van der Waals surface area contributed by atoms with Gasteiger partial charge in [-0.05, 0) is 51.3 Å². The van der Waals surface area contributed by atoms with Crippen molar-refractivity contribution in [3.8, 4) is 5.75 Å². The minimum absolute atomic E-state index is 0.0415. The van der Waals surface area contributed by atoms with Crippen LogP contribution in [-0.4, -0.2) is 23.4 Å². The zero-order chi connectivity index (χ0) is 16.4. The number of nitrogens with one attached hydrogen (secondary N) is 1. The number of ether oxygens (including phenoxy) is 1. The minimum Gasteiger partial charge on any atom is -0.497 e. The van der Waals surface area contributed by atoms with E-state index in [4.69, 9.17) is 9.84 Å². The Kier molecular flexibility index (Phi) is 4.44. The normalized spacial score (nSPS) is 14.6. The van der Waals surface area contributed by atoms with Crippen molar-refractivity contribution >= 4 is 0 Å². The summed E-state index contributed by atoms with van der Waals surface area (Å²) in [5, 5.41) is 8.45. The van der Waals surface area contributed by atoms with E-state index in [9.17, 15) is 0 Å². The molecule has 0 amide bonds. The molecular weight excluding hydrogens is 286 g/mol. The van der Waals surface area contributed by atoms with E-state index in [0.717, 1.165) is 38.1 Å². The minimum atomic E-state index is 0.0415. The summed E-state index contributed by atoms with van der Waals surface area (Å²) >= 11 is 0. The number of aromatic nitrogens is 2. The molecule has 1 aromatic carbocycles. The third-order valence-corrected chi connectivity index (χ3v) is 4.46. The van der Waals surface area contributed by atoms with Crippen LogP contribution < -0.4 is 10.1 Å². The van der Waals surface area contributed by atoms with Gasteiger partial charge in [-0.3, -0.25) is 4.68 Å². The zero-order valence-corrected chi connectivity index (χ0v) is 14.6. The van der Waals surface area contributed by atoms with Crippen LogP contribution >= 0.6 is 0 Å². The molecule has 0 atom stereocenters. The molecule has 4 heteroatoms. The molecule has 3 rings (SSSR count). The molecule has 0 fully saturated rings. The Morgan fingerprint density at radius 3 is 2.57 bits per heavy atom. The topological polar surface area (TPSA) is 39.1 Å². The Labute approximate surface area is 138 Å². The van der Waals surface area contributed by atoms with Crippen LogP contribution in [0.2, 0.25) is 0 Å². The zero-order valence-electron chi connectivity index (χ0n) is 14.6. The molecule has 0 saturated heterocycles. The third-order valence-electron chi connectivity index (χ3n) is 4.46. The second-order valence-electron chi connectivity index (χ2n) is 7.23. The van der Waals surface area contributed by atoms with Crippen molar-refractivity contribution in [2.24, 2.45) is 0 Å². The predicted octanol–water partition coefficient (Wildman–Crippen LogP) is 3.08. The molecule has 23 heavy (non-hydrogen) atoms. The van der Waals surface area contributed by atoms with E-state index in [1.165, 1.54) is 22.5 Å². The van der Waals surface area contributed by atoms with Gasteiger partial charge in [0, 0.05) is 30.8 Å². The fourth-order valence-corrected chi connectivity index (χ4v) is 3.23. The highest BCUT2D eigenvalue weighted by Crippen LogP contribution is 2.25. The van der Waals surface area contributed by atoms with Crippen molar-refractivity contribution in [1.29, 1.82) is 0 Å². The molecular formula is C19H27N3O. The Morgan fingerprint density at radius 2 is 1.91 bits per heavy atom. The van der Waals surface area contributed by atoms with Crippen LogP contribution in [0.25, 0.3) is 0 Å². The Balaban J connectivity index is 1.80. The Hall–Kier alpha value is -1.81. The highest BCUT2D eigenvalue weighted by atomic mass is 16.5. The molecule has 1 N–H and O–H groups in total. The highest BCUT2D eigenvalue weighted by molar-refractivity contribution is 5.32. The van der Waals surface area contributed by atoms with Gasteiger partial charge in [-0.1, -0.05) is 12.1 Å². The average Bonchev–Trinajstić information content (AvgIpc) is 2.92. The van der Waals surface area contributed by atoms with Gasteiger partial charge in [-0.25, -0.2) is 0 Å². The largest absolute Gasteiger partial charge is 0.497 e. The van der Waals surface area contributed by atoms with Gasteiger partial charge < -0.3 is 10.1 Å². The van der Waals surface area contributed by atoms with Gasteiger partial charge in [0.25, 0.3) is 0 Å². The number of fused-ring (bicyclic) bond motifs is 1. The second kappa shape index (κ2) is 6.36. The van der Waals surface area contributed by atoms with Gasteiger partial charge >= 0.3 is 0 Å². The lowest BCUT2D eigenvalue weighted by molar-refractivity contribution is 0.338. The van der Waals surface area contributed by atoms with Crippen molar-refractivity contribution in [2.75, 3.05) is 13.7 Å². The van der Waals surface area contributed by atoms with Gasteiger partial charge in [0.05, 0.1) is 18.3 Å². The summed E-state index contributed by atoms with van der Waals surface area (Å²) in [4.78, 5) is 0. The lowest BCUT2D eigenvalue weighted by atomic mass is 10.0. The van der Waals surface area contributed by atoms with E-state index < -0.39 is 0 Å². The van der Waals surface area contributed by atoms with Gasteiger partial charge in [0.15, 0.2) is 0 Å². The number of aryl methyl sites for hydroxylation is 2. The first kappa shape index (κ1) is 16.1. The molecule has 0 bridgehead atoms. The van der Waals surface area contributed by atoms with Crippen molar-refractivity contribution in [3.05, 3.63) is 46.8 Å². The monoisotopic (exact) mass is 313 g/mol. The Bertz CT molecular complexity index is 665. The molecule has 2 aromatic rings. The number of nitrogens with zero attached hydrogens (tertiary/aromatic N) is 2. The van der Waals surface area contributed by atoms with E-state index in [1.54, 1.807) is 7.11 Å². The first-order valence-corrected chi connectivity index (χ1v) is 8.43. The van der Waals surface area contributed by atoms with Gasteiger partial charge in [-0.15, -0.1) is 0 Å². The maximum atomic E-state index is 5.22. The van der Waals surface area contributed by atoms with Crippen LogP contribution in [0.15, 0.2) is 24.3 Å². The van der Waals surface area contributed by atoms with Crippen molar-refractivity contribution in [3.63, 3.8) is 0 Å². The van der Waals surface area contributed by atoms with Crippen molar-refractivity contribution in [1.82, 2.24) is 15.1 Å². The van der Waals surface area contributed by atoms with Crippen LogP contribution in [0.5, 0.6) is 5.75 Å². The van der Waals surface area contributed by atoms with E-state index >= 15 is 0 Å². The lowest BCUT2D eigenvalue weighted by Gasteiger charge is -2.24. The van der Waals surface area contributed by atoms with E-state index in [1.807, 2.05) is 12.1 Å². The standard InChI is InChI=1S/C19H27N3O/c1-19(2,3)22-18-11-12-20-13-16(18)17(21-22)10-7-14-5-8-15(23-4)9-6-14/h5-6,8-9,20H,7,10-13H2,1-4H3. The maximum absolute atomic E-state index is 5.22. The van der Waals surface area contributed by atoms with E-state index in [0.29, 0.717) is 0 Å². The van der Waals surface area contributed by atoms with Gasteiger partial charge in [0.2, 0.25) is 0 Å². The molecule has 4 nitrogen and oxygen atoms in total. The lowest BCUT2D eigenvalue weighted by Crippen LogP contribution is -2.30. The summed E-state index contributed by atoms with van der Waals surface area (Å²) in [6.07, 6.45) is 3.07. The van der Waals surface area contributed by atoms with Gasteiger partial charge in [0.1, 0.15) is 5.75 Å². The number of hydrogen-bond acceptors (Lipinski definition) is 3. The van der Waals surface area contributed by atoms with E-state index in [2.05, 4.69) is 42.9 Å². The summed E-state index contributed by atoms with van der Waals surface area (Å²) in [5.74, 6) is 0.910. The fourth-order valence-electron chi connectivity index (χ4n) is 3.23. The van der Waals surface area contributed by atoms with Crippen molar-refractivity contribution in [2.45, 2.75) is 52.1 Å². The molecule has 1 aliphatic rings. The molecule has 0 spiro atoms. The molecule has 0 aliphatic carbocycles. The molecule has 1 aliphatic heterocycles. The first-order valence-electron chi connectivity index (χ1n) is 8.43. The quantitative estimate of drug-likeness (QED) is 0.943. The van der Waals surface area contributed by atoms with Crippen LogP contribution in [0.4, 0.5) is 0 Å². The van der Waals surface area contributed by atoms with Crippen LogP contribution in [0, 0.1) is 0 Å². The van der Waals surface area contributed by atoms with Crippen molar-refractivity contribution < 1.29 is 4.74 Å². The summed E-state index contributed by atoms with van der Waals surface area (Å²) < 4.78 is 7.47. The highest BCUT2D eigenvalue weighted by Gasteiger charge is 2.26. The predicted molar refractivity (Wildman–Crippen MR) is 93.0 cm³/mol. The van der Waals surface area contributed by atoms with Crippen LogP contribution in [0.3, 0.4) is 0 Å².